The van der Waals surface area contributed by atoms with Gasteiger partial charge in [-0.3, -0.25) is 4.18 Å². The summed E-state index contributed by atoms with van der Waals surface area (Å²) in [5.41, 5.74) is -1.38. The van der Waals surface area contributed by atoms with E-state index in [0.717, 1.165) is 12.0 Å². The highest BCUT2D eigenvalue weighted by atomic mass is 35.5. The first-order valence-corrected chi connectivity index (χ1v) is 4.86. The molecule has 1 aliphatic rings. The molecule has 0 fully saturated rings. The van der Waals surface area contributed by atoms with Gasteiger partial charge < -0.3 is 5.11 Å². The van der Waals surface area contributed by atoms with Gasteiger partial charge in [-0.1, -0.05) is 11.6 Å². The van der Waals surface area contributed by atoms with Crippen molar-refractivity contribution in [3.63, 3.8) is 0 Å². The van der Waals surface area contributed by atoms with E-state index in [0.29, 0.717) is 9.94 Å². The molecule has 2 nitrogen and oxygen atoms in total. The summed E-state index contributed by atoms with van der Waals surface area (Å²) in [6.07, 6.45) is 0. The fourth-order valence-corrected chi connectivity index (χ4v) is 2.17. The molecule has 0 amide bonds. The predicted octanol–water partition coefficient (Wildman–Crippen LogP) is 2.66. The Hall–Kier alpha value is 0.300. The summed E-state index contributed by atoms with van der Waals surface area (Å²) in [6.45, 7) is 7.15. The molecular formula is C8H13ClO2S. The van der Waals surface area contributed by atoms with Crippen LogP contribution >= 0.6 is 23.6 Å². The van der Waals surface area contributed by atoms with Crippen LogP contribution in [0.15, 0.2) is 9.94 Å². The Kier molecular flexibility index (Phi) is 2.52. The van der Waals surface area contributed by atoms with Crippen molar-refractivity contribution in [2.45, 2.75) is 38.9 Å². The smallest absolute Gasteiger partial charge is 0.114 e. The second kappa shape index (κ2) is 2.91. The minimum Gasteiger partial charge on any atom is -0.385 e. The van der Waals surface area contributed by atoms with Crippen molar-refractivity contribution >= 4 is 23.6 Å². The number of halogens is 1. The average molecular weight is 209 g/mol. The molecule has 0 unspecified atom stereocenters. The molecule has 1 aliphatic heterocycles. The molecule has 0 aromatic carbocycles. The van der Waals surface area contributed by atoms with Crippen LogP contribution in [0.4, 0.5) is 0 Å². The minimum atomic E-state index is -0.907. The van der Waals surface area contributed by atoms with Crippen LogP contribution in [0.2, 0.25) is 0 Å². The molecule has 0 saturated carbocycles. The molecule has 0 aliphatic carbocycles. The Bertz CT molecular complexity index is 228. The van der Waals surface area contributed by atoms with E-state index in [2.05, 4.69) is 0 Å². The van der Waals surface area contributed by atoms with Crippen LogP contribution in [0.25, 0.3) is 0 Å². The fraction of sp³-hybridized carbons (Fsp3) is 0.750. The van der Waals surface area contributed by atoms with E-state index in [1.54, 1.807) is 13.8 Å². The van der Waals surface area contributed by atoms with Crippen molar-refractivity contribution in [1.29, 1.82) is 0 Å². The van der Waals surface area contributed by atoms with E-state index in [1.807, 2.05) is 13.8 Å². The van der Waals surface area contributed by atoms with Crippen molar-refractivity contribution < 1.29 is 9.29 Å². The van der Waals surface area contributed by atoms with Crippen LogP contribution in [0.3, 0.4) is 0 Å². The minimum absolute atomic E-state index is 0.471. The second-order valence-corrected chi connectivity index (χ2v) is 5.00. The zero-order chi connectivity index (χ0) is 9.57. The lowest BCUT2D eigenvalue weighted by atomic mass is 10.0. The van der Waals surface area contributed by atoms with Gasteiger partial charge in [0.1, 0.15) is 5.60 Å². The van der Waals surface area contributed by atoms with Crippen LogP contribution in [-0.2, 0) is 4.18 Å². The highest BCUT2D eigenvalue weighted by Gasteiger charge is 2.39. The zero-order valence-corrected chi connectivity index (χ0v) is 9.21. The molecule has 12 heavy (non-hydrogen) atoms. The van der Waals surface area contributed by atoms with Gasteiger partial charge in [-0.2, -0.15) is 0 Å². The molecule has 0 aromatic rings. The summed E-state index contributed by atoms with van der Waals surface area (Å²) >= 11 is 7.19. The Morgan fingerprint density at radius 3 is 2.17 bits per heavy atom. The lowest BCUT2D eigenvalue weighted by molar-refractivity contribution is 0.128. The fourth-order valence-electron chi connectivity index (χ4n) is 0.863. The van der Waals surface area contributed by atoms with Gasteiger partial charge in [0.2, 0.25) is 0 Å². The number of hydrogen-bond donors (Lipinski definition) is 1. The Labute approximate surface area is 82.1 Å². The van der Waals surface area contributed by atoms with Crippen LogP contribution in [0.5, 0.6) is 0 Å². The first kappa shape index (κ1) is 10.4. The van der Waals surface area contributed by atoms with Crippen molar-refractivity contribution in [1.82, 2.24) is 0 Å². The van der Waals surface area contributed by atoms with Crippen LogP contribution in [0, 0.1) is 0 Å². The molecule has 4 heteroatoms. The third-order valence-electron chi connectivity index (χ3n) is 1.62. The molecule has 70 valence electrons. The summed E-state index contributed by atoms with van der Waals surface area (Å²) in [5.74, 6) is 0. The monoisotopic (exact) mass is 208 g/mol. The van der Waals surface area contributed by atoms with E-state index < -0.39 is 11.2 Å². The number of aliphatic hydroxyl groups is 1. The highest BCUT2D eigenvalue weighted by Crippen LogP contribution is 2.47. The molecule has 0 atom stereocenters. The van der Waals surface area contributed by atoms with Gasteiger partial charge in [0.05, 0.1) is 15.5 Å². The molecule has 0 aromatic heterocycles. The topological polar surface area (TPSA) is 29.5 Å². The molecule has 1 N–H and O–H groups in total. The van der Waals surface area contributed by atoms with Gasteiger partial charge in [0, 0.05) is 12.0 Å². The quantitative estimate of drug-likeness (QED) is 0.672. The van der Waals surface area contributed by atoms with Crippen LogP contribution in [0.1, 0.15) is 27.7 Å². The van der Waals surface area contributed by atoms with Gasteiger partial charge in [-0.05, 0) is 27.7 Å². The number of hydrogen-bond acceptors (Lipinski definition) is 3. The van der Waals surface area contributed by atoms with E-state index >= 15 is 0 Å². The normalized spacial score (nSPS) is 23.5. The summed E-state index contributed by atoms with van der Waals surface area (Å²) in [6, 6.07) is 0. The molecule has 0 bridgehead atoms. The predicted molar refractivity (Wildman–Crippen MR) is 51.9 cm³/mol. The van der Waals surface area contributed by atoms with Crippen molar-refractivity contribution in [2.24, 2.45) is 0 Å². The van der Waals surface area contributed by atoms with Crippen molar-refractivity contribution in [3.05, 3.63) is 9.94 Å². The molecule has 0 radical (unpaired) electrons. The van der Waals surface area contributed by atoms with E-state index in [9.17, 15) is 5.11 Å². The SMILES string of the molecule is CC(C)(O)C1=C(Cl)C(C)(C)OS1. The van der Waals surface area contributed by atoms with Crippen molar-refractivity contribution in [3.8, 4) is 0 Å². The van der Waals surface area contributed by atoms with Gasteiger partial charge >= 0.3 is 0 Å². The Balaban J connectivity index is 3.01. The third kappa shape index (κ3) is 1.79. The Morgan fingerprint density at radius 1 is 1.50 bits per heavy atom. The first-order valence-electron chi connectivity index (χ1n) is 3.74. The zero-order valence-electron chi connectivity index (χ0n) is 7.64. The van der Waals surface area contributed by atoms with Gasteiger partial charge in [0.25, 0.3) is 0 Å². The summed E-state index contributed by atoms with van der Waals surface area (Å²) in [4.78, 5) is 0.703. The second-order valence-electron chi connectivity index (χ2n) is 3.88. The molecule has 1 heterocycles. The first-order chi connectivity index (χ1) is 5.25. The largest absolute Gasteiger partial charge is 0.385 e. The summed E-state index contributed by atoms with van der Waals surface area (Å²) < 4.78 is 5.34. The lowest BCUT2D eigenvalue weighted by Crippen LogP contribution is -2.22. The maximum absolute atomic E-state index is 9.68. The standard InChI is InChI=1S/C8H13ClO2S/c1-7(2,10)6-5(9)8(3,4)11-12-6/h10H,1-4H3. The molecule has 0 spiro atoms. The highest BCUT2D eigenvalue weighted by molar-refractivity contribution is 7.99. The van der Waals surface area contributed by atoms with E-state index in [4.69, 9.17) is 15.8 Å². The number of rotatable bonds is 1. The summed E-state index contributed by atoms with van der Waals surface area (Å²) in [5, 5.41) is 10.3. The molecular weight excluding hydrogens is 196 g/mol. The molecule has 1 rings (SSSR count). The Morgan fingerprint density at radius 2 is 2.00 bits per heavy atom. The van der Waals surface area contributed by atoms with Gasteiger partial charge in [-0.15, -0.1) is 0 Å². The lowest BCUT2D eigenvalue weighted by Gasteiger charge is -2.18. The average Bonchev–Trinajstić information content (AvgIpc) is 2.06. The van der Waals surface area contributed by atoms with Crippen LogP contribution in [-0.4, -0.2) is 16.3 Å². The maximum Gasteiger partial charge on any atom is 0.114 e. The van der Waals surface area contributed by atoms with Gasteiger partial charge in [0.15, 0.2) is 0 Å². The van der Waals surface area contributed by atoms with Crippen molar-refractivity contribution in [2.75, 3.05) is 0 Å². The van der Waals surface area contributed by atoms with Crippen LogP contribution < -0.4 is 0 Å². The third-order valence-corrected chi connectivity index (χ3v) is 3.74. The van der Waals surface area contributed by atoms with E-state index in [1.165, 1.54) is 0 Å². The summed E-state index contributed by atoms with van der Waals surface area (Å²) in [7, 11) is 0. The van der Waals surface area contributed by atoms with Gasteiger partial charge in [-0.25, -0.2) is 0 Å². The molecule has 0 saturated heterocycles. The maximum atomic E-state index is 9.68. The van der Waals surface area contributed by atoms with E-state index in [-0.39, 0.29) is 0 Å².